The van der Waals surface area contributed by atoms with E-state index in [1.807, 2.05) is 49.4 Å². The topological polar surface area (TPSA) is 72.3 Å². The fourth-order valence-electron chi connectivity index (χ4n) is 3.00. The number of nitrogens with zero attached hydrogens (tertiary/aromatic N) is 2. The van der Waals surface area contributed by atoms with Crippen molar-refractivity contribution in [1.82, 2.24) is 9.97 Å². The molecule has 0 bridgehead atoms. The zero-order valence-electron chi connectivity index (χ0n) is 15.7. The Morgan fingerprint density at radius 1 is 1.00 bits per heavy atom. The molecule has 0 saturated heterocycles. The van der Waals surface area contributed by atoms with E-state index in [9.17, 15) is 4.79 Å². The van der Waals surface area contributed by atoms with E-state index >= 15 is 0 Å². The van der Waals surface area contributed by atoms with E-state index in [-0.39, 0.29) is 5.56 Å². The second-order valence-electron chi connectivity index (χ2n) is 6.44. The van der Waals surface area contributed by atoms with Gasteiger partial charge in [0.25, 0.3) is 0 Å². The normalized spacial score (nSPS) is 10.7. The van der Waals surface area contributed by atoms with Crippen LogP contribution in [0.15, 0.2) is 72.9 Å². The Labute approximate surface area is 172 Å². The van der Waals surface area contributed by atoms with Gasteiger partial charge in [0.15, 0.2) is 0 Å². The van der Waals surface area contributed by atoms with Crippen molar-refractivity contribution in [2.24, 2.45) is 0 Å². The standard InChI is InChI=1S/C23H18N2O3S/c1-15-22(29-21(25-15)14-28-20-7-2-3-12-24-20)19-6-4-5-18(13-19)16-8-10-17(11-9-16)23(26)27/h2-13H,14H2,1H3,(H,26,27). The Morgan fingerprint density at radius 2 is 1.79 bits per heavy atom. The van der Waals surface area contributed by atoms with Crippen molar-refractivity contribution in [2.75, 3.05) is 0 Å². The summed E-state index contributed by atoms with van der Waals surface area (Å²) >= 11 is 1.60. The molecular weight excluding hydrogens is 384 g/mol. The number of aromatic carboxylic acids is 1. The maximum atomic E-state index is 11.1. The fraction of sp³-hybridized carbons (Fsp3) is 0.0870. The Balaban J connectivity index is 1.56. The predicted octanol–water partition coefficient (Wildman–Crippen LogP) is 5.46. The van der Waals surface area contributed by atoms with Crippen molar-refractivity contribution < 1.29 is 14.6 Å². The van der Waals surface area contributed by atoms with E-state index in [1.54, 1.807) is 29.7 Å². The highest BCUT2D eigenvalue weighted by Crippen LogP contribution is 2.33. The van der Waals surface area contributed by atoms with Crippen molar-refractivity contribution in [3.05, 3.63) is 89.2 Å². The number of carbonyl (C=O) groups is 1. The van der Waals surface area contributed by atoms with Gasteiger partial charge in [-0.3, -0.25) is 0 Å². The lowest BCUT2D eigenvalue weighted by Crippen LogP contribution is -1.96. The van der Waals surface area contributed by atoms with Gasteiger partial charge in [0, 0.05) is 12.3 Å². The molecule has 144 valence electrons. The van der Waals surface area contributed by atoms with Gasteiger partial charge in [-0.25, -0.2) is 14.8 Å². The van der Waals surface area contributed by atoms with Crippen LogP contribution >= 0.6 is 11.3 Å². The molecule has 0 fully saturated rings. The molecule has 0 atom stereocenters. The van der Waals surface area contributed by atoms with Gasteiger partial charge in [0.1, 0.15) is 11.6 Å². The van der Waals surface area contributed by atoms with E-state index in [4.69, 9.17) is 9.84 Å². The van der Waals surface area contributed by atoms with Crippen LogP contribution in [-0.4, -0.2) is 21.0 Å². The van der Waals surface area contributed by atoms with Gasteiger partial charge in [-0.2, -0.15) is 0 Å². The number of thiazole rings is 1. The van der Waals surface area contributed by atoms with Crippen LogP contribution in [-0.2, 0) is 6.61 Å². The first-order chi connectivity index (χ1) is 14.1. The summed E-state index contributed by atoms with van der Waals surface area (Å²) in [4.78, 5) is 20.9. The number of carboxylic acids is 1. The molecule has 5 nitrogen and oxygen atoms in total. The monoisotopic (exact) mass is 402 g/mol. The SMILES string of the molecule is Cc1nc(COc2ccccn2)sc1-c1cccc(-c2ccc(C(=O)O)cc2)c1. The van der Waals surface area contributed by atoms with Gasteiger partial charge in [-0.15, -0.1) is 11.3 Å². The number of ether oxygens (including phenoxy) is 1. The van der Waals surface area contributed by atoms with E-state index in [0.717, 1.165) is 32.3 Å². The van der Waals surface area contributed by atoms with Crippen LogP contribution in [0.5, 0.6) is 5.88 Å². The van der Waals surface area contributed by atoms with Gasteiger partial charge in [-0.1, -0.05) is 36.4 Å². The summed E-state index contributed by atoms with van der Waals surface area (Å²) in [5.41, 5.74) is 4.30. The molecular formula is C23H18N2O3S. The third kappa shape index (κ3) is 4.33. The van der Waals surface area contributed by atoms with Gasteiger partial charge in [-0.05, 0) is 47.9 Å². The minimum atomic E-state index is -0.925. The molecule has 0 spiro atoms. The lowest BCUT2D eigenvalue weighted by molar-refractivity contribution is 0.0697. The van der Waals surface area contributed by atoms with Crippen molar-refractivity contribution in [3.63, 3.8) is 0 Å². The Morgan fingerprint density at radius 3 is 2.52 bits per heavy atom. The summed E-state index contributed by atoms with van der Waals surface area (Å²) in [5, 5.41) is 9.96. The first kappa shape index (κ1) is 18.8. The van der Waals surface area contributed by atoms with Gasteiger partial charge >= 0.3 is 5.97 Å². The zero-order chi connectivity index (χ0) is 20.2. The molecule has 2 aromatic heterocycles. The number of rotatable bonds is 6. The number of aromatic nitrogens is 2. The Bertz CT molecular complexity index is 1140. The Hall–Kier alpha value is -3.51. The van der Waals surface area contributed by atoms with Crippen molar-refractivity contribution in [1.29, 1.82) is 0 Å². The Kier molecular flexibility index (Phi) is 5.35. The molecule has 2 aromatic carbocycles. The van der Waals surface area contributed by atoms with Gasteiger partial charge in [0.05, 0.1) is 16.1 Å². The molecule has 4 aromatic rings. The average molecular weight is 402 g/mol. The van der Waals surface area contributed by atoms with Crippen molar-refractivity contribution in [3.8, 4) is 27.4 Å². The highest BCUT2D eigenvalue weighted by molar-refractivity contribution is 7.15. The quantitative estimate of drug-likeness (QED) is 0.464. The lowest BCUT2D eigenvalue weighted by Gasteiger charge is -2.05. The second-order valence-corrected chi connectivity index (χ2v) is 7.53. The molecule has 4 rings (SSSR count). The van der Waals surface area contributed by atoms with Crippen LogP contribution in [0, 0.1) is 6.92 Å². The van der Waals surface area contributed by atoms with Crippen LogP contribution in [0.1, 0.15) is 21.1 Å². The summed E-state index contributed by atoms with van der Waals surface area (Å²) in [7, 11) is 0. The largest absolute Gasteiger partial charge is 0.478 e. The number of carboxylic acid groups (broad SMARTS) is 1. The van der Waals surface area contributed by atoms with Gasteiger partial charge < -0.3 is 9.84 Å². The smallest absolute Gasteiger partial charge is 0.335 e. The maximum absolute atomic E-state index is 11.1. The summed E-state index contributed by atoms with van der Waals surface area (Å²) in [6, 6.07) is 20.6. The molecule has 6 heteroatoms. The van der Waals surface area contributed by atoms with Crippen LogP contribution in [0.2, 0.25) is 0 Å². The highest BCUT2D eigenvalue weighted by Gasteiger charge is 2.12. The molecule has 0 unspecified atom stereocenters. The van der Waals surface area contributed by atoms with Gasteiger partial charge in [0.2, 0.25) is 5.88 Å². The first-order valence-electron chi connectivity index (χ1n) is 9.04. The minimum Gasteiger partial charge on any atom is -0.478 e. The van der Waals surface area contributed by atoms with Crippen LogP contribution in [0.4, 0.5) is 0 Å². The average Bonchev–Trinajstić information content (AvgIpc) is 3.14. The molecule has 0 amide bonds. The molecule has 0 radical (unpaired) electrons. The summed E-state index contributed by atoms with van der Waals surface area (Å²) in [6.45, 7) is 2.36. The van der Waals surface area contributed by atoms with Crippen molar-refractivity contribution >= 4 is 17.3 Å². The minimum absolute atomic E-state index is 0.278. The predicted molar refractivity (Wildman–Crippen MR) is 113 cm³/mol. The fourth-order valence-corrected chi connectivity index (χ4v) is 3.97. The zero-order valence-corrected chi connectivity index (χ0v) is 16.5. The van der Waals surface area contributed by atoms with Crippen molar-refractivity contribution in [2.45, 2.75) is 13.5 Å². The molecule has 2 heterocycles. The third-order valence-corrected chi connectivity index (χ3v) is 5.59. The first-order valence-corrected chi connectivity index (χ1v) is 9.86. The number of hydrogen-bond donors (Lipinski definition) is 1. The van der Waals surface area contributed by atoms with E-state index in [1.165, 1.54) is 0 Å². The second kappa shape index (κ2) is 8.24. The molecule has 0 aliphatic rings. The number of hydrogen-bond acceptors (Lipinski definition) is 5. The molecule has 0 aliphatic carbocycles. The van der Waals surface area contributed by atoms with E-state index in [0.29, 0.717) is 12.5 Å². The lowest BCUT2D eigenvalue weighted by atomic mass is 10.0. The van der Waals surface area contributed by atoms with Crippen LogP contribution < -0.4 is 4.74 Å². The summed E-state index contributed by atoms with van der Waals surface area (Å²) in [5.74, 6) is -0.347. The van der Waals surface area contributed by atoms with Crippen LogP contribution in [0.25, 0.3) is 21.6 Å². The van der Waals surface area contributed by atoms with E-state index < -0.39 is 5.97 Å². The molecule has 1 N–H and O–H groups in total. The molecule has 29 heavy (non-hydrogen) atoms. The maximum Gasteiger partial charge on any atom is 0.335 e. The third-order valence-electron chi connectivity index (χ3n) is 4.41. The van der Waals surface area contributed by atoms with E-state index in [2.05, 4.69) is 22.1 Å². The molecule has 0 saturated carbocycles. The number of pyridine rings is 1. The number of aryl methyl sites for hydroxylation is 1. The molecule has 0 aliphatic heterocycles. The summed E-state index contributed by atoms with van der Waals surface area (Å²) < 4.78 is 5.71. The summed E-state index contributed by atoms with van der Waals surface area (Å²) in [6.07, 6.45) is 1.70. The van der Waals surface area contributed by atoms with Crippen LogP contribution in [0.3, 0.4) is 0 Å². The highest BCUT2D eigenvalue weighted by atomic mass is 32.1. The number of benzene rings is 2.